The highest BCUT2D eigenvalue weighted by molar-refractivity contribution is 5.60. The van der Waals surface area contributed by atoms with Crippen molar-refractivity contribution in [2.24, 2.45) is 0 Å². The molecular weight excluding hydrogens is 315 g/mol. The smallest absolute Gasteiger partial charge is 0.123 e. The standard InChI is InChI=1S/C21H19FN2O/c22-18-3-1-2-15(12-18)14-25-19-7-4-16(5-8-19)20-9-6-17-13-23-11-10-21(17)24-20/h1-9,12,23H,10-11,13-14H2. The number of benzene rings is 2. The van der Waals surface area contributed by atoms with Gasteiger partial charge in [-0.25, -0.2) is 4.39 Å². The fourth-order valence-corrected chi connectivity index (χ4v) is 3.01. The minimum Gasteiger partial charge on any atom is -0.489 e. The summed E-state index contributed by atoms with van der Waals surface area (Å²) in [4.78, 5) is 4.79. The van der Waals surface area contributed by atoms with Gasteiger partial charge in [-0.05, 0) is 53.6 Å². The largest absolute Gasteiger partial charge is 0.489 e. The topological polar surface area (TPSA) is 34.1 Å². The highest BCUT2D eigenvalue weighted by Gasteiger charge is 2.11. The predicted molar refractivity (Wildman–Crippen MR) is 95.8 cm³/mol. The maximum atomic E-state index is 13.2. The van der Waals surface area contributed by atoms with E-state index < -0.39 is 0 Å². The molecule has 0 aliphatic carbocycles. The Labute approximate surface area is 146 Å². The zero-order valence-electron chi connectivity index (χ0n) is 13.8. The van der Waals surface area contributed by atoms with Gasteiger partial charge in [0, 0.05) is 30.8 Å². The van der Waals surface area contributed by atoms with Crippen molar-refractivity contribution >= 4 is 0 Å². The van der Waals surface area contributed by atoms with Crippen LogP contribution in [0.2, 0.25) is 0 Å². The summed E-state index contributed by atoms with van der Waals surface area (Å²) in [5, 5.41) is 3.36. The number of hydrogen-bond acceptors (Lipinski definition) is 3. The van der Waals surface area contributed by atoms with E-state index in [0.29, 0.717) is 6.61 Å². The average molecular weight is 334 g/mol. The van der Waals surface area contributed by atoms with E-state index in [1.54, 1.807) is 6.07 Å². The summed E-state index contributed by atoms with van der Waals surface area (Å²) in [7, 11) is 0. The molecule has 0 radical (unpaired) electrons. The number of fused-ring (bicyclic) bond motifs is 1. The van der Waals surface area contributed by atoms with E-state index >= 15 is 0 Å². The normalized spacial score (nSPS) is 13.3. The van der Waals surface area contributed by atoms with Crippen LogP contribution < -0.4 is 10.1 Å². The highest BCUT2D eigenvalue weighted by Crippen LogP contribution is 2.23. The maximum absolute atomic E-state index is 13.2. The van der Waals surface area contributed by atoms with Gasteiger partial charge < -0.3 is 10.1 Å². The molecule has 0 unspecified atom stereocenters. The van der Waals surface area contributed by atoms with Crippen LogP contribution in [-0.2, 0) is 19.6 Å². The Morgan fingerprint density at radius 2 is 1.92 bits per heavy atom. The summed E-state index contributed by atoms with van der Waals surface area (Å²) < 4.78 is 18.9. The Morgan fingerprint density at radius 3 is 2.76 bits per heavy atom. The molecule has 0 atom stereocenters. The second kappa shape index (κ2) is 7.03. The lowest BCUT2D eigenvalue weighted by Crippen LogP contribution is -2.24. The van der Waals surface area contributed by atoms with Gasteiger partial charge in [-0.2, -0.15) is 0 Å². The van der Waals surface area contributed by atoms with E-state index in [-0.39, 0.29) is 5.82 Å². The van der Waals surface area contributed by atoms with Crippen LogP contribution in [0, 0.1) is 5.82 Å². The molecule has 0 fully saturated rings. The van der Waals surface area contributed by atoms with E-state index in [9.17, 15) is 4.39 Å². The van der Waals surface area contributed by atoms with Crippen LogP contribution in [0.3, 0.4) is 0 Å². The van der Waals surface area contributed by atoms with Gasteiger partial charge >= 0.3 is 0 Å². The number of halogens is 1. The Balaban J connectivity index is 1.46. The molecule has 4 rings (SSSR count). The van der Waals surface area contributed by atoms with Crippen LogP contribution in [0.5, 0.6) is 5.75 Å². The lowest BCUT2D eigenvalue weighted by atomic mass is 10.0. The third-order valence-corrected chi connectivity index (χ3v) is 4.37. The van der Waals surface area contributed by atoms with E-state index in [4.69, 9.17) is 9.72 Å². The summed E-state index contributed by atoms with van der Waals surface area (Å²) in [6, 6.07) is 18.5. The molecule has 126 valence electrons. The number of nitrogens with zero attached hydrogens (tertiary/aromatic N) is 1. The lowest BCUT2D eigenvalue weighted by molar-refractivity contribution is 0.305. The average Bonchev–Trinajstić information content (AvgIpc) is 2.66. The minimum absolute atomic E-state index is 0.245. The summed E-state index contributed by atoms with van der Waals surface area (Å²) in [5.41, 5.74) is 5.33. The molecule has 0 saturated carbocycles. The van der Waals surface area contributed by atoms with Crippen molar-refractivity contribution < 1.29 is 9.13 Å². The molecule has 2 heterocycles. The quantitative estimate of drug-likeness (QED) is 0.779. The molecular formula is C21H19FN2O. The first-order valence-electron chi connectivity index (χ1n) is 8.45. The van der Waals surface area contributed by atoms with E-state index in [1.807, 2.05) is 30.3 Å². The summed E-state index contributed by atoms with van der Waals surface area (Å²) in [6.07, 6.45) is 0.970. The molecule has 3 aromatic rings. The molecule has 1 aliphatic heterocycles. The first-order chi connectivity index (χ1) is 12.3. The van der Waals surface area contributed by atoms with Crippen molar-refractivity contribution in [3.05, 3.63) is 83.3 Å². The van der Waals surface area contributed by atoms with Gasteiger partial charge in [0.2, 0.25) is 0 Å². The van der Waals surface area contributed by atoms with Gasteiger partial charge in [0.15, 0.2) is 0 Å². The van der Waals surface area contributed by atoms with E-state index in [1.165, 1.54) is 23.4 Å². The molecule has 2 aromatic carbocycles. The number of pyridine rings is 1. The number of nitrogens with one attached hydrogen (secondary N) is 1. The van der Waals surface area contributed by atoms with Crippen LogP contribution in [0.25, 0.3) is 11.3 Å². The summed E-state index contributed by atoms with van der Waals surface area (Å²) >= 11 is 0. The van der Waals surface area contributed by atoms with E-state index in [2.05, 4.69) is 17.4 Å². The third-order valence-electron chi connectivity index (χ3n) is 4.37. The van der Waals surface area contributed by atoms with Crippen LogP contribution >= 0.6 is 0 Å². The third kappa shape index (κ3) is 3.69. The first-order valence-corrected chi connectivity index (χ1v) is 8.45. The number of aromatic nitrogens is 1. The monoisotopic (exact) mass is 334 g/mol. The molecule has 4 heteroatoms. The summed E-state index contributed by atoms with van der Waals surface area (Å²) in [5.74, 6) is 0.514. The molecule has 1 aromatic heterocycles. The highest BCUT2D eigenvalue weighted by atomic mass is 19.1. The second-order valence-electron chi connectivity index (χ2n) is 6.17. The number of rotatable bonds is 4. The zero-order valence-corrected chi connectivity index (χ0v) is 13.8. The first kappa shape index (κ1) is 15.8. The predicted octanol–water partition coefficient (Wildman–Crippen LogP) is 4.11. The lowest BCUT2D eigenvalue weighted by Gasteiger charge is -2.17. The minimum atomic E-state index is -0.245. The molecule has 1 N–H and O–H groups in total. The van der Waals surface area contributed by atoms with Crippen molar-refractivity contribution in [1.29, 1.82) is 0 Å². The zero-order chi connectivity index (χ0) is 17.1. The van der Waals surface area contributed by atoms with E-state index in [0.717, 1.165) is 42.1 Å². The maximum Gasteiger partial charge on any atom is 0.123 e. The Morgan fingerprint density at radius 1 is 1.04 bits per heavy atom. The van der Waals surface area contributed by atoms with Gasteiger partial charge in [0.25, 0.3) is 0 Å². The number of hydrogen-bond donors (Lipinski definition) is 1. The Hall–Kier alpha value is -2.72. The summed E-state index contributed by atoms with van der Waals surface area (Å²) in [6.45, 7) is 2.23. The van der Waals surface area contributed by atoms with Gasteiger partial charge in [0.1, 0.15) is 18.2 Å². The Bertz CT molecular complexity index is 877. The fraction of sp³-hybridized carbons (Fsp3) is 0.190. The van der Waals surface area contributed by atoms with Gasteiger partial charge in [-0.1, -0.05) is 18.2 Å². The Kier molecular flexibility index (Phi) is 4.44. The van der Waals surface area contributed by atoms with Crippen molar-refractivity contribution in [2.75, 3.05) is 6.54 Å². The molecule has 25 heavy (non-hydrogen) atoms. The number of ether oxygens (including phenoxy) is 1. The SMILES string of the molecule is Fc1cccc(COc2ccc(-c3ccc4c(n3)CCNC4)cc2)c1. The second-order valence-corrected chi connectivity index (χ2v) is 6.17. The molecule has 0 spiro atoms. The van der Waals surface area contributed by atoms with Crippen molar-refractivity contribution in [3.63, 3.8) is 0 Å². The van der Waals surface area contributed by atoms with Gasteiger partial charge in [0.05, 0.1) is 5.69 Å². The van der Waals surface area contributed by atoms with Gasteiger partial charge in [-0.3, -0.25) is 4.98 Å². The van der Waals surface area contributed by atoms with Crippen LogP contribution in [0.1, 0.15) is 16.8 Å². The van der Waals surface area contributed by atoms with Crippen molar-refractivity contribution in [2.45, 2.75) is 19.6 Å². The molecule has 0 amide bonds. The van der Waals surface area contributed by atoms with Crippen LogP contribution in [0.15, 0.2) is 60.7 Å². The van der Waals surface area contributed by atoms with Crippen LogP contribution in [-0.4, -0.2) is 11.5 Å². The van der Waals surface area contributed by atoms with Crippen LogP contribution in [0.4, 0.5) is 4.39 Å². The molecule has 3 nitrogen and oxygen atoms in total. The van der Waals surface area contributed by atoms with Crippen molar-refractivity contribution in [1.82, 2.24) is 10.3 Å². The molecule has 1 aliphatic rings. The van der Waals surface area contributed by atoms with Gasteiger partial charge in [-0.15, -0.1) is 0 Å². The fourth-order valence-electron chi connectivity index (χ4n) is 3.01. The molecule has 0 saturated heterocycles. The molecule has 0 bridgehead atoms. The van der Waals surface area contributed by atoms with Crippen molar-refractivity contribution in [3.8, 4) is 17.0 Å².